The highest BCUT2D eigenvalue weighted by Crippen LogP contribution is 2.25. The van der Waals surface area contributed by atoms with Gasteiger partial charge in [-0.05, 0) is 45.0 Å². The summed E-state index contributed by atoms with van der Waals surface area (Å²) in [5, 5.41) is 13.6. The van der Waals surface area contributed by atoms with Gasteiger partial charge >= 0.3 is 0 Å². The number of aliphatic hydroxyl groups excluding tert-OH is 1. The van der Waals surface area contributed by atoms with Gasteiger partial charge in [-0.15, -0.1) is 0 Å². The summed E-state index contributed by atoms with van der Waals surface area (Å²) in [6.07, 6.45) is 4.45. The van der Waals surface area contributed by atoms with Gasteiger partial charge in [-0.25, -0.2) is 0 Å². The molecule has 0 amide bonds. The van der Waals surface area contributed by atoms with Gasteiger partial charge in [0.15, 0.2) is 0 Å². The Hall–Kier alpha value is -0.900. The Bertz CT molecular complexity index is 369. The Labute approximate surface area is 130 Å². The Morgan fingerprint density at radius 2 is 1.81 bits per heavy atom. The molecular weight excluding hydrogens is 260 g/mol. The third-order valence-electron chi connectivity index (χ3n) is 4.12. The number of benzene rings is 1. The molecular formula is C18H32N2O. The van der Waals surface area contributed by atoms with E-state index in [-0.39, 0.29) is 12.1 Å². The summed E-state index contributed by atoms with van der Waals surface area (Å²) in [5.41, 5.74) is 0.863. The molecule has 1 unspecified atom stereocenters. The van der Waals surface area contributed by atoms with Gasteiger partial charge in [0.2, 0.25) is 0 Å². The molecule has 0 fully saturated rings. The largest absolute Gasteiger partial charge is 0.394 e. The van der Waals surface area contributed by atoms with E-state index in [0.717, 1.165) is 32.5 Å². The van der Waals surface area contributed by atoms with Crippen LogP contribution >= 0.6 is 0 Å². The molecule has 0 spiro atoms. The number of nitrogens with zero attached hydrogens (tertiary/aromatic N) is 1. The van der Waals surface area contributed by atoms with Gasteiger partial charge in [-0.3, -0.25) is 0 Å². The minimum Gasteiger partial charge on any atom is -0.394 e. The smallest absolute Gasteiger partial charge is 0.0681 e. The average Bonchev–Trinajstić information content (AvgIpc) is 2.54. The second kappa shape index (κ2) is 9.93. The predicted molar refractivity (Wildman–Crippen MR) is 90.5 cm³/mol. The van der Waals surface area contributed by atoms with Crippen molar-refractivity contribution >= 4 is 0 Å². The molecule has 0 aromatic heterocycles. The number of hydrogen-bond acceptors (Lipinski definition) is 3. The molecule has 0 radical (unpaired) electrons. The summed E-state index contributed by atoms with van der Waals surface area (Å²) >= 11 is 0. The average molecular weight is 292 g/mol. The van der Waals surface area contributed by atoms with Crippen molar-refractivity contribution in [2.45, 2.75) is 45.1 Å². The Balaban J connectivity index is 2.76. The normalized spacial score (nSPS) is 14.3. The first-order valence-electron chi connectivity index (χ1n) is 8.28. The third-order valence-corrected chi connectivity index (χ3v) is 4.12. The Morgan fingerprint density at radius 1 is 1.10 bits per heavy atom. The van der Waals surface area contributed by atoms with Crippen molar-refractivity contribution in [1.29, 1.82) is 0 Å². The third kappa shape index (κ3) is 5.77. The minimum absolute atomic E-state index is 0.138. The molecule has 0 aliphatic heterocycles. The monoisotopic (exact) mass is 292 g/mol. The van der Waals surface area contributed by atoms with Crippen LogP contribution in [0.5, 0.6) is 0 Å². The van der Waals surface area contributed by atoms with Crippen LogP contribution < -0.4 is 5.32 Å². The van der Waals surface area contributed by atoms with Crippen LogP contribution in [0.15, 0.2) is 30.3 Å². The lowest BCUT2D eigenvalue weighted by Crippen LogP contribution is -2.48. The quantitative estimate of drug-likeness (QED) is 0.658. The first-order chi connectivity index (χ1) is 10.2. The van der Waals surface area contributed by atoms with E-state index in [9.17, 15) is 5.11 Å². The highest BCUT2D eigenvalue weighted by atomic mass is 16.3. The molecule has 0 aliphatic rings. The fourth-order valence-corrected chi connectivity index (χ4v) is 2.60. The van der Waals surface area contributed by atoms with E-state index in [1.807, 2.05) is 18.2 Å². The molecule has 0 bridgehead atoms. The van der Waals surface area contributed by atoms with Crippen LogP contribution in [0.2, 0.25) is 0 Å². The lowest BCUT2D eigenvalue weighted by atomic mass is 9.87. The summed E-state index contributed by atoms with van der Waals surface area (Å²) < 4.78 is 0. The van der Waals surface area contributed by atoms with E-state index in [2.05, 4.69) is 43.2 Å². The molecule has 120 valence electrons. The van der Waals surface area contributed by atoms with Gasteiger partial charge in [-0.1, -0.05) is 50.6 Å². The first-order valence-corrected chi connectivity index (χ1v) is 8.28. The van der Waals surface area contributed by atoms with Gasteiger partial charge < -0.3 is 15.3 Å². The van der Waals surface area contributed by atoms with Crippen molar-refractivity contribution in [3.05, 3.63) is 35.9 Å². The number of nitrogens with one attached hydrogen (secondary N) is 1. The molecule has 1 aromatic rings. The zero-order chi connectivity index (χ0) is 15.6. The van der Waals surface area contributed by atoms with Crippen molar-refractivity contribution in [2.75, 3.05) is 33.3 Å². The van der Waals surface area contributed by atoms with Crippen molar-refractivity contribution in [3.8, 4) is 0 Å². The van der Waals surface area contributed by atoms with Gasteiger partial charge in [0.25, 0.3) is 0 Å². The Kier molecular flexibility index (Phi) is 8.58. The molecule has 1 rings (SSSR count). The standard InChI is InChI=1S/C18H32N2O/c1-4-6-14-20(3)15-12-18(16-21,19-13-5-2)17-10-8-7-9-11-17/h7-11,19,21H,4-6,12-16H2,1-3H3. The molecule has 3 nitrogen and oxygen atoms in total. The van der Waals surface area contributed by atoms with Gasteiger partial charge in [0.1, 0.15) is 0 Å². The van der Waals surface area contributed by atoms with Crippen LogP contribution in [0.1, 0.15) is 45.1 Å². The van der Waals surface area contributed by atoms with Gasteiger partial charge in [0.05, 0.1) is 12.1 Å². The summed E-state index contributed by atoms with van der Waals surface area (Å²) in [4.78, 5) is 2.37. The lowest BCUT2D eigenvalue weighted by molar-refractivity contribution is 0.136. The van der Waals surface area contributed by atoms with Crippen LogP contribution in [0, 0.1) is 0 Å². The van der Waals surface area contributed by atoms with Crippen molar-refractivity contribution in [3.63, 3.8) is 0 Å². The van der Waals surface area contributed by atoms with Crippen LogP contribution in [0.3, 0.4) is 0 Å². The molecule has 0 saturated heterocycles. The highest BCUT2D eigenvalue weighted by Gasteiger charge is 2.30. The summed E-state index contributed by atoms with van der Waals surface area (Å²) in [6.45, 7) is 7.56. The van der Waals surface area contributed by atoms with Crippen molar-refractivity contribution in [1.82, 2.24) is 10.2 Å². The number of aliphatic hydroxyl groups is 1. The molecule has 2 N–H and O–H groups in total. The van der Waals surface area contributed by atoms with E-state index in [1.165, 1.54) is 18.4 Å². The summed E-state index contributed by atoms with van der Waals surface area (Å²) in [5.74, 6) is 0. The van der Waals surface area contributed by atoms with Crippen LogP contribution in [-0.4, -0.2) is 43.3 Å². The predicted octanol–water partition coefficient (Wildman–Crippen LogP) is 3.00. The molecule has 0 heterocycles. The van der Waals surface area contributed by atoms with Crippen LogP contribution in [0.25, 0.3) is 0 Å². The van der Waals surface area contributed by atoms with E-state index in [4.69, 9.17) is 0 Å². The highest BCUT2D eigenvalue weighted by molar-refractivity contribution is 5.24. The molecule has 1 atom stereocenters. The van der Waals surface area contributed by atoms with Crippen molar-refractivity contribution < 1.29 is 5.11 Å². The lowest BCUT2D eigenvalue weighted by Gasteiger charge is -2.35. The molecule has 1 aromatic carbocycles. The molecule has 0 saturated carbocycles. The second-order valence-corrected chi connectivity index (χ2v) is 5.94. The van der Waals surface area contributed by atoms with Gasteiger partial charge in [0, 0.05) is 6.54 Å². The van der Waals surface area contributed by atoms with Gasteiger partial charge in [-0.2, -0.15) is 0 Å². The fourth-order valence-electron chi connectivity index (χ4n) is 2.60. The minimum atomic E-state index is -0.322. The summed E-state index contributed by atoms with van der Waals surface area (Å²) in [6, 6.07) is 10.4. The maximum atomic E-state index is 10.1. The zero-order valence-corrected chi connectivity index (χ0v) is 13.9. The fraction of sp³-hybridized carbons (Fsp3) is 0.667. The summed E-state index contributed by atoms with van der Waals surface area (Å²) in [7, 11) is 2.17. The SMILES string of the molecule is CCCCN(C)CCC(CO)(NCCC)c1ccccc1. The Morgan fingerprint density at radius 3 is 2.38 bits per heavy atom. The number of unbranched alkanes of at least 4 members (excludes halogenated alkanes) is 1. The second-order valence-electron chi connectivity index (χ2n) is 5.94. The zero-order valence-electron chi connectivity index (χ0n) is 13.9. The maximum Gasteiger partial charge on any atom is 0.0681 e. The molecule has 0 aliphatic carbocycles. The molecule has 21 heavy (non-hydrogen) atoms. The van der Waals surface area contributed by atoms with E-state index < -0.39 is 0 Å². The van der Waals surface area contributed by atoms with E-state index in [0.29, 0.717) is 0 Å². The van der Waals surface area contributed by atoms with Crippen LogP contribution in [-0.2, 0) is 5.54 Å². The maximum absolute atomic E-state index is 10.1. The topological polar surface area (TPSA) is 35.5 Å². The number of hydrogen-bond donors (Lipinski definition) is 2. The number of rotatable bonds is 11. The van der Waals surface area contributed by atoms with Crippen LogP contribution in [0.4, 0.5) is 0 Å². The molecule has 3 heteroatoms. The van der Waals surface area contributed by atoms with E-state index >= 15 is 0 Å². The van der Waals surface area contributed by atoms with Crippen molar-refractivity contribution in [2.24, 2.45) is 0 Å². The van der Waals surface area contributed by atoms with E-state index in [1.54, 1.807) is 0 Å². The first kappa shape index (κ1) is 18.1.